The molecule has 24 heavy (non-hydrogen) atoms. The van der Waals surface area contributed by atoms with Crippen LogP contribution in [0.4, 0.5) is 5.69 Å². The van der Waals surface area contributed by atoms with Crippen molar-refractivity contribution in [3.8, 4) is 5.69 Å². The van der Waals surface area contributed by atoms with Crippen LogP contribution < -0.4 is 0 Å². The molecule has 4 saturated carbocycles. The summed E-state index contributed by atoms with van der Waals surface area (Å²) < 4.78 is 1.91. The molecule has 1 aromatic carbocycles. The zero-order valence-electron chi connectivity index (χ0n) is 13.5. The number of nitrogens with zero attached hydrogens (tertiary/aromatic N) is 4. The van der Waals surface area contributed by atoms with Gasteiger partial charge in [0.05, 0.1) is 22.5 Å². The van der Waals surface area contributed by atoms with E-state index >= 15 is 0 Å². The van der Waals surface area contributed by atoms with Crippen molar-refractivity contribution in [1.29, 1.82) is 0 Å². The van der Waals surface area contributed by atoms with E-state index in [0.717, 1.165) is 23.4 Å². The highest BCUT2D eigenvalue weighted by Gasteiger charge is 2.53. The Balaban J connectivity index is 1.55. The lowest BCUT2D eigenvalue weighted by Gasteiger charge is -2.56. The van der Waals surface area contributed by atoms with Crippen LogP contribution in [0.2, 0.25) is 0 Å². The second-order valence-electron chi connectivity index (χ2n) is 8.00. The summed E-state index contributed by atoms with van der Waals surface area (Å²) >= 11 is 0. The molecule has 6 heteroatoms. The molecule has 0 spiro atoms. The summed E-state index contributed by atoms with van der Waals surface area (Å²) in [5.41, 5.74) is 2.38. The van der Waals surface area contributed by atoms with Gasteiger partial charge in [-0.1, -0.05) is 5.21 Å². The molecule has 4 fully saturated rings. The summed E-state index contributed by atoms with van der Waals surface area (Å²) in [7, 11) is 0. The van der Waals surface area contributed by atoms with E-state index in [1.54, 1.807) is 24.3 Å². The van der Waals surface area contributed by atoms with Gasteiger partial charge < -0.3 is 0 Å². The van der Waals surface area contributed by atoms with Gasteiger partial charge in [-0.15, -0.1) is 5.10 Å². The molecule has 4 aliphatic carbocycles. The molecule has 124 valence electrons. The Kier molecular flexibility index (Phi) is 2.87. The summed E-state index contributed by atoms with van der Waals surface area (Å²) in [5.74, 6) is 2.57. The average molecular weight is 324 g/mol. The summed E-state index contributed by atoms with van der Waals surface area (Å²) in [4.78, 5) is 10.5. The Bertz CT molecular complexity index is 760. The highest BCUT2D eigenvalue weighted by atomic mass is 16.6. The predicted octanol–water partition coefficient (Wildman–Crippen LogP) is 3.64. The van der Waals surface area contributed by atoms with Gasteiger partial charge in [0.15, 0.2) is 0 Å². The number of rotatable bonds is 3. The van der Waals surface area contributed by atoms with Crippen molar-refractivity contribution < 1.29 is 4.92 Å². The van der Waals surface area contributed by atoms with Crippen LogP contribution in [-0.4, -0.2) is 19.9 Å². The Morgan fingerprint density at radius 1 is 1.04 bits per heavy atom. The van der Waals surface area contributed by atoms with Gasteiger partial charge in [-0.2, -0.15) is 0 Å². The van der Waals surface area contributed by atoms with Crippen LogP contribution in [0.5, 0.6) is 0 Å². The number of nitro benzene ring substituents is 1. The molecule has 0 atom stereocenters. The first-order valence-corrected chi connectivity index (χ1v) is 8.79. The first kappa shape index (κ1) is 14.1. The van der Waals surface area contributed by atoms with Gasteiger partial charge in [-0.05, 0) is 68.4 Å². The van der Waals surface area contributed by atoms with E-state index in [2.05, 4.69) is 10.3 Å². The lowest BCUT2D eigenvalue weighted by molar-refractivity contribution is -0.384. The van der Waals surface area contributed by atoms with Crippen molar-refractivity contribution in [2.24, 2.45) is 17.8 Å². The van der Waals surface area contributed by atoms with Crippen LogP contribution in [0, 0.1) is 27.9 Å². The molecule has 4 bridgehead atoms. The Morgan fingerprint density at radius 2 is 1.62 bits per heavy atom. The molecule has 6 nitrogen and oxygen atoms in total. The maximum absolute atomic E-state index is 10.9. The fourth-order valence-electron chi connectivity index (χ4n) is 5.93. The van der Waals surface area contributed by atoms with Crippen LogP contribution in [-0.2, 0) is 5.41 Å². The molecular formula is C18H20N4O2. The number of non-ortho nitro benzene ring substituents is 1. The summed E-state index contributed by atoms with van der Waals surface area (Å²) in [5, 5.41) is 19.4. The molecule has 1 heterocycles. The van der Waals surface area contributed by atoms with Crippen LogP contribution in [0.3, 0.4) is 0 Å². The van der Waals surface area contributed by atoms with Gasteiger partial charge in [0, 0.05) is 17.5 Å². The van der Waals surface area contributed by atoms with Crippen LogP contribution >= 0.6 is 0 Å². The lowest BCUT2D eigenvalue weighted by Crippen LogP contribution is -2.49. The lowest BCUT2D eigenvalue weighted by atomic mass is 9.49. The maximum Gasteiger partial charge on any atom is 0.269 e. The zero-order valence-corrected chi connectivity index (χ0v) is 13.5. The summed E-state index contributed by atoms with van der Waals surface area (Å²) in [6.45, 7) is 0. The smallest absolute Gasteiger partial charge is 0.258 e. The molecule has 0 N–H and O–H groups in total. The van der Waals surface area contributed by atoms with Crippen molar-refractivity contribution in [1.82, 2.24) is 15.0 Å². The molecule has 1 aromatic heterocycles. The molecule has 0 aliphatic heterocycles. The predicted molar refractivity (Wildman–Crippen MR) is 87.9 cm³/mol. The topological polar surface area (TPSA) is 73.8 Å². The highest BCUT2D eigenvalue weighted by Crippen LogP contribution is 2.60. The Hall–Kier alpha value is -2.24. The molecule has 2 aromatic rings. The average Bonchev–Trinajstić information content (AvgIpc) is 3.04. The number of nitro groups is 1. The third kappa shape index (κ3) is 2.01. The van der Waals surface area contributed by atoms with Crippen LogP contribution in [0.15, 0.2) is 30.5 Å². The van der Waals surface area contributed by atoms with Crippen molar-refractivity contribution >= 4 is 5.69 Å². The monoisotopic (exact) mass is 324 g/mol. The zero-order chi connectivity index (χ0) is 16.3. The SMILES string of the molecule is O=[N+]([O-])c1ccc(-n2nncc2C23CC4CC(CC(C4)C2)C3)cc1. The van der Waals surface area contributed by atoms with E-state index in [9.17, 15) is 10.1 Å². The Morgan fingerprint density at radius 3 is 2.17 bits per heavy atom. The molecule has 0 unspecified atom stereocenters. The molecule has 0 saturated heterocycles. The number of hydrogen-bond acceptors (Lipinski definition) is 4. The highest BCUT2D eigenvalue weighted by molar-refractivity contribution is 5.42. The van der Waals surface area contributed by atoms with E-state index in [0.29, 0.717) is 0 Å². The number of hydrogen-bond donors (Lipinski definition) is 0. The van der Waals surface area contributed by atoms with Crippen molar-refractivity contribution in [3.63, 3.8) is 0 Å². The van der Waals surface area contributed by atoms with E-state index < -0.39 is 0 Å². The molecular weight excluding hydrogens is 304 g/mol. The van der Waals surface area contributed by atoms with E-state index in [1.807, 2.05) is 10.9 Å². The Labute approximate surface area is 140 Å². The number of benzene rings is 1. The minimum absolute atomic E-state index is 0.107. The molecule has 6 rings (SSSR count). The van der Waals surface area contributed by atoms with Gasteiger partial charge in [-0.3, -0.25) is 10.1 Å². The van der Waals surface area contributed by atoms with Crippen molar-refractivity contribution in [3.05, 3.63) is 46.3 Å². The summed E-state index contributed by atoms with van der Waals surface area (Å²) in [6.07, 6.45) is 9.88. The second kappa shape index (κ2) is 4.88. The number of aromatic nitrogens is 3. The first-order valence-electron chi connectivity index (χ1n) is 8.79. The summed E-state index contributed by atoms with van der Waals surface area (Å²) in [6, 6.07) is 6.63. The minimum Gasteiger partial charge on any atom is -0.258 e. The van der Waals surface area contributed by atoms with Crippen molar-refractivity contribution in [2.75, 3.05) is 0 Å². The third-order valence-electron chi connectivity index (χ3n) is 6.44. The first-order chi connectivity index (χ1) is 11.6. The fourth-order valence-corrected chi connectivity index (χ4v) is 5.93. The maximum atomic E-state index is 10.9. The van der Waals surface area contributed by atoms with Crippen molar-refractivity contribution in [2.45, 2.75) is 43.9 Å². The van der Waals surface area contributed by atoms with Gasteiger partial charge in [0.1, 0.15) is 0 Å². The van der Waals surface area contributed by atoms with Gasteiger partial charge >= 0.3 is 0 Å². The molecule has 0 amide bonds. The quantitative estimate of drug-likeness (QED) is 0.638. The molecule has 4 aliphatic rings. The van der Waals surface area contributed by atoms with E-state index in [1.165, 1.54) is 44.2 Å². The van der Waals surface area contributed by atoms with Crippen LogP contribution in [0.25, 0.3) is 5.69 Å². The van der Waals surface area contributed by atoms with Gasteiger partial charge in [0.25, 0.3) is 5.69 Å². The molecule has 0 radical (unpaired) electrons. The third-order valence-corrected chi connectivity index (χ3v) is 6.44. The normalized spacial score (nSPS) is 33.8. The standard InChI is InChI=1S/C18H20N4O2/c23-22(24)16-3-1-15(2-4-16)21-17(11-19-20-21)18-8-12-5-13(9-18)7-14(6-12)10-18/h1-4,11-14H,5-10H2. The largest absolute Gasteiger partial charge is 0.269 e. The van der Waals surface area contributed by atoms with E-state index in [-0.39, 0.29) is 16.0 Å². The minimum atomic E-state index is -0.370. The van der Waals surface area contributed by atoms with E-state index in [4.69, 9.17) is 0 Å². The van der Waals surface area contributed by atoms with Gasteiger partial charge in [0.2, 0.25) is 0 Å². The van der Waals surface area contributed by atoms with Crippen LogP contribution in [0.1, 0.15) is 44.2 Å². The second-order valence-corrected chi connectivity index (χ2v) is 8.00. The fraction of sp³-hybridized carbons (Fsp3) is 0.556. The van der Waals surface area contributed by atoms with Gasteiger partial charge in [-0.25, -0.2) is 4.68 Å².